The monoisotopic (exact) mass is 194 g/mol. The molecule has 12 heavy (non-hydrogen) atoms. The van der Waals surface area contributed by atoms with Crippen LogP contribution in [0.25, 0.3) is 20.9 Å². The van der Waals surface area contributed by atoms with Gasteiger partial charge in [-0.15, -0.1) is 0 Å². The van der Waals surface area contributed by atoms with Crippen LogP contribution in [0.3, 0.4) is 0 Å². The van der Waals surface area contributed by atoms with Crippen molar-refractivity contribution in [1.29, 1.82) is 0 Å². The first-order chi connectivity index (χ1) is 6.24. The predicted octanol–water partition coefficient (Wildman–Crippen LogP) is 2.50. The van der Waals surface area contributed by atoms with Crippen LogP contribution in [-0.2, 0) is 12.4 Å². The van der Waals surface area contributed by atoms with Gasteiger partial charge in [0, 0.05) is 29.3 Å². The molecule has 0 aliphatic heterocycles. The highest BCUT2D eigenvalue weighted by molar-refractivity contribution is 7.47. The average molecular weight is 194 g/mol. The Morgan fingerprint density at radius 2 is 2.00 bits per heavy atom. The van der Waals surface area contributed by atoms with Gasteiger partial charge in [-0.1, -0.05) is 10.2 Å². The Balaban J connectivity index is -0.000000125. The molecule has 7 nitrogen and oxygen atoms in total. The Labute approximate surface area is 75.4 Å². The van der Waals surface area contributed by atoms with Crippen molar-refractivity contribution >= 4 is 12.4 Å². The highest BCUT2D eigenvalue weighted by Gasteiger charge is 1.59. The second-order valence-electron chi connectivity index (χ2n) is 0.791. The summed E-state index contributed by atoms with van der Waals surface area (Å²) in [5.74, 6) is 0. The summed E-state index contributed by atoms with van der Waals surface area (Å²) in [6, 6.07) is 0. The van der Waals surface area contributed by atoms with Gasteiger partial charge in [0.15, 0.2) is 0 Å². The molecule has 0 atom stereocenters. The van der Waals surface area contributed by atoms with Gasteiger partial charge in [0.2, 0.25) is 0 Å². The van der Waals surface area contributed by atoms with E-state index in [0.717, 1.165) is 0 Å². The molecule has 0 aliphatic carbocycles. The molecule has 0 aromatic heterocycles. The van der Waals surface area contributed by atoms with E-state index in [2.05, 4.69) is 36.8 Å². The summed E-state index contributed by atoms with van der Waals surface area (Å²) in [6.45, 7) is 0.0613. The quantitative estimate of drug-likeness (QED) is 0.375. The minimum absolute atomic E-state index is 0.0613. The average Bonchev–Trinajstić information content (AvgIpc) is 2.16. The number of halogens is 1. The van der Waals surface area contributed by atoms with Gasteiger partial charge in [-0.3, -0.25) is 4.39 Å². The van der Waals surface area contributed by atoms with Crippen LogP contribution >= 0.6 is 0 Å². The zero-order valence-electron chi connectivity index (χ0n) is 7.33. The van der Waals surface area contributed by atoms with Crippen LogP contribution in [0.2, 0.25) is 0 Å². The fraction of sp³-hybridized carbons (Fsp3) is 1.00. The molecule has 68 valence electrons. The molecule has 0 unspecified atom stereocenters. The molecule has 9 heteroatoms. The number of rotatable bonds is 2. The lowest BCUT2D eigenvalue weighted by Gasteiger charge is -1.62. The Hall–Kier alpha value is -1.43. The summed E-state index contributed by atoms with van der Waals surface area (Å²) in [6.07, 6.45) is 0. The first kappa shape index (κ1) is 13.2. The van der Waals surface area contributed by atoms with Gasteiger partial charge in [0.25, 0.3) is 0 Å². The zero-order valence-corrected chi connectivity index (χ0v) is 7.15. The van der Waals surface area contributed by atoms with Gasteiger partial charge in [0.05, 0.1) is 8.52 Å². The highest BCUT2D eigenvalue weighted by Crippen LogP contribution is 1.66. The molecule has 0 saturated carbocycles. The maximum absolute atomic E-state index is 9.96. The normalized spacial score (nSPS) is 6.00. The Morgan fingerprint density at radius 3 is 2.08 bits per heavy atom. The fourth-order valence-electron chi connectivity index (χ4n) is 0.0541. The van der Waals surface area contributed by atoms with Crippen molar-refractivity contribution in [2.45, 2.75) is 0 Å². The van der Waals surface area contributed by atoms with E-state index in [1.54, 1.807) is 0 Å². The molecule has 0 radical (unpaired) electrons. The Morgan fingerprint density at radius 1 is 1.58 bits per heavy atom. The van der Waals surface area contributed by atoms with E-state index in [4.69, 9.17) is 12.4 Å². The lowest BCUT2D eigenvalue weighted by molar-refractivity contribution is 0.636. The largest absolute Gasteiger partial charge is 0.255 e. The Kier molecular flexibility index (Phi) is 37.0. The Bertz CT molecular complexity index is 186. The predicted molar refractivity (Wildman–Crippen MR) is 45.9 cm³/mol. The van der Waals surface area contributed by atoms with Crippen molar-refractivity contribution in [2.24, 2.45) is 14.6 Å². The molecule has 0 fully saturated rings. The summed E-state index contributed by atoms with van der Waals surface area (Å²) in [5, 5.41) is 5.92. The van der Waals surface area contributed by atoms with E-state index < -0.39 is 7.15 Å². The van der Waals surface area contributed by atoms with Crippen molar-refractivity contribution in [1.82, 2.24) is 0 Å². The summed E-state index contributed by atoms with van der Waals surface area (Å²) >= 11 is 4.08. The van der Waals surface area contributed by atoms with Crippen molar-refractivity contribution in [3.8, 4) is 0 Å². The lowest BCUT2D eigenvalue weighted by Crippen LogP contribution is -1.58. The molecule has 0 bridgehead atoms. The molecular formula is C3H8FN7S. The SMILES string of the molecule is CN=[N+]=[N-].[2H]CF.[N-]=[N+]=NCN=S. The van der Waals surface area contributed by atoms with Crippen LogP contribution in [0.15, 0.2) is 14.6 Å². The third-order valence-electron chi connectivity index (χ3n) is 0.274. The number of hydrogen-bond acceptors (Lipinski definition) is 4. The lowest BCUT2D eigenvalue weighted by atomic mass is 11.3. The van der Waals surface area contributed by atoms with Crippen LogP contribution in [0.1, 0.15) is 1.37 Å². The fourth-order valence-corrected chi connectivity index (χ4v) is 0.106. The molecule has 0 heterocycles. The second kappa shape index (κ2) is 33.7. The van der Waals surface area contributed by atoms with E-state index in [1.807, 2.05) is 0 Å². The summed E-state index contributed by atoms with van der Waals surface area (Å²) < 4.78 is 18.6. The van der Waals surface area contributed by atoms with E-state index in [9.17, 15) is 4.39 Å². The maximum atomic E-state index is 9.96. The number of nitrogens with zero attached hydrogens (tertiary/aromatic N) is 7. The van der Waals surface area contributed by atoms with Gasteiger partial charge >= 0.3 is 0 Å². The van der Waals surface area contributed by atoms with Gasteiger partial charge in [-0.05, 0) is 11.1 Å². The molecule has 0 spiro atoms. The number of azide groups is 2. The topological polar surface area (TPSA) is 110 Å². The van der Waals surface area contributed by atoms with Crippen LogP contribution in [0.4, 0.5) is 4.39 Å². The highest BCUT2D eigenvalue weighted by atomic mass is 32.1. The minimum atomic E-state index is -1.00. The summed E-state index contributed by atoms with van der Waals surface area (Å²) in [4.78, 5) is 4.75. The third-order valence-corrected chi connectivity index (χ3v) is 0.389. The molecule has 0 amide bonds. The van der Waals surface area contributed by atoms with Crippen molar-refractivity contribution < 1.29 is 5.76 Å². The van der Waals surface area contributed by atoms with Crippen LogP contribution < -0.4 is 0 Å². The number of alkyl halides is 1. The van der Waals surface area contributed by atoms with E-state index in [1.165, 1.54) is 7.05 Å². The molecule has 0 saturated heterocycles. The molecule has 0 rings (SSSR count). The molecule has 0 aromatic carbocycles. The summed E-state index contributed by atoms with van der Waals surface area (Å²) in [7, 11) is 0.389. The van der Waals surface area contributed by atoms with Crippen LogP contribution in [0, 0.1) is 0 Å². The van der Waals surface area contributed by atoms with E-state index >= 15 is 0 Å². The van der Waals surface area contributed by atoms with Gasteiger partial charge in [-0.2, -0.15) is 0 Å². The van der Waals surface area contributed by atoms with Crippen LogP contribution in [-0.4, -0.2) is 20.9 Å². The molecule has 0 aliphatic rings. The second-order valence-corrected chi connectivity index (χ2v) is 1.05. The third kappa shape index (κ3) is 74.4. The number of hydrogen-bond donors (Lipinski definition) is 0. The standard InChI is InChI=1S/CH3F.CH2N4S.CH3N3/c1-2;2-5-3-1-4-6;1-3-4-2/h1H3;1H2;1H3/i1D;;. The first-order valence-corrected chi connectivity index (χ1v) is 2.69. The molecular weight excluding hydrogens is 185 g/mol. The van der Waals surface area contributed by atoms with Crippen molar-refractivity contribution in [2.75, 3.05) is 20.9 Å². The van der Waals surface area contributed by atoms with Gasteiger partial charge in [-0.25, -0.2) is 4.36 Å². The molecule has 0 aromatic rings. The molecule has 0 N–H and O–H groups in total. The first-order valence-electron chi connectivity index (χ1n) is 3.04. The smallest absolute Gasteiger partial charge is 0.131 e. The van der Waals surface area contributed by atoms with Crippen molar-refractivity contribution in [3.63, 3.8) is 0 Å². The van der Waals surface area contributed by atoms with Crippen molar-refractivity contribution in [3.05, 3.63) is 20.9 Å². The summed E-state index contributed by atoms with van der Waals surface area (Å²) in [5.41, 5.74) is 14.9. The maximum Gasteiger partial charge on any atom is 0.131 e. The van der Waals surface area contributed by atoms with Gasteiger partial charge in [0.1, 0.15) is 6.67 Å². The van der Waals surface area contributed by atoms with Gasteiger partial charge < -0.3 is 0 Å². The van der Waals surface area contributed by atoms with E-state index in [-0.39, 0.29) is 6.67 Å². The zero-order chi connectivity index (χ0) is 10.9. The van der Waals surface area contributed by atoms with Crippen LogP contribution in [0.5, 0.6) is 0 Å². The minimum Gasteiger partial charge on any atom is -0.255 e. The van der Waals surface area contributed by atoms with E-state index in [0.29, 0.717) is 0 Å².